The van der Waals surface area contributed by atoms with Crippen LogP contribution in [0.4, 0.5) is 0 Å². The summed E-state index contributed by atoms with van der Waals surface area (Å²) in [6.07, 6.45) is 0. The molecule has 0 aromatic heterocycles. The topological polar surface area (TPSA) is 78.9 Å². The van der Waals surface area contributed by atoms with Crippen molar-refractivity contribution in [2.24, 2.45) is 0 Å². The molecule has 0 bridgehead atoms. The van der Waals surface area contributed by atoms with Crippen molar-refractivity contribution >= 4 is 19.3 Å². The smallest absolute Gasteiger partial charge is 0.352 e. The van der Waals surface area contributed by atoms with Gasteiger partial charge in [-0.25, -0.2) is 0 Å². The van der Waals surface area contributed by atoms with E-state index in [1.54, 1.807) is 20.8 Å². The van der Waals surface area contributed by atoms with E-state index in [0.29, 0.717) is 0 Å². The lowest BCUT2D eigenvalue weighted by molar-refractivity contribution is -0.145. The third kappa shape index (κ3) is 4.58. The van der Waals surface area contributed by atoms with Gasteiger partial charge in [0.2, 0.25) is 5.66 Å². The van der Waals surface area contributed by atoms with Gasteiger partial charge >= 0.3 is 13.6 Å². The molecule has 1 atom stereocenters. The highest BCUT2D eigenvalue weighted by Gasteiger charge is 2.45. The van der Waals surface area contributed by atoms with Gasteiger partial charge in [0.1, 0.15) is 0 Å². The zero-order valence-corrected chi connectivity index (χ0v) is 11.5. The Labute approximate surface area is 101 Å². The number of Topliss-reactive ketones (excluding diaryl/α,β-unsaturated/α-hetero) is 1. The number of carbonyl (C=O) groups excluding carboxylic acids is 2. The largest absolute Gasteiger partial charge is 0.465 e. The molecule has 6 nitrogen and oxygen atoms in total. The second kappa shape index (κ2) is 7.58. The van der Waals surface area contributed by atoms with Gasteiger partial charge in [-0.3, -0.25) is 14.2 Å². The molecule has 0 amide bonds. The minimum Gasteiger partial charge on any atom is -0.465 e. The predicted octanol–water partition coefficient (Wildman–Crippen LogP) is 1.77. The molecule has 0 rings (SSSR count). The minimum atomic E-state index is -3.80. The zero-order valence-electron chi connectivity index (χ0n) is 10.6. The predicted molar refractivity (Wildman–Crippen MR) is 62.0 cm³/mol. The average molecular weight is 266 g/mol. The summed E-state index contributed by atoms with van der Waals surface area (Å²) in [5.41, 5.74) is -1.50. The maximum absolute atomic E-state index is 12.3. The molecule has 0 spiro atoms. The van der Waals surface area contributed by atoms with Crippen LogP contribution in [0.1, 0.15) is 27.7 Å². The molecule has 0 heterocycles. The highest BCUT2D eigenvalue weighted by Crippen LogP contribution is 2.53. The fourth-order valence-corrected chi connectivity index (χ4v) is 3.16. The summed E-state index contributed by atoms with van der Waals surface area (Å²) in [5, 5.41) is 0. The summed E-state index contributed by atoms with van der Waals surface area (Å²) in [6, 6.07) is 0. The average Bonchev–Trinajstić information content (AvgIpc) is 2.17. The maximum Gasteiger partial charge on any atom is 0.352 e. The highest BCUT2D eigenvalue weighted by molar-refractivity contribution is 7.57. The lowest BCUT2D eigenvalue weighted by Gasteiger charge is -2.22. The monoisotopic (exact) mass is 266 g/mol. The summed E-state index contributed by atoms with van der Waals surface area (Å²) in [6.45, 7) is 6.23. The number of ketones is 1. The molecule has 100 valence electrons. The van der Waals surface area contributed by atoms with Gasteiger partial charge in [0.25, 0.3) is 0 Å². The van der Waals surface area contributed by atoms with E-state index in [1.165, 1.54) is 0 Å². The van der Waals surface area contributed by atoms with Crippen molar-refractivity contribution in [1.82, 2.24) is 0 Å². The molecule has 17 heavy (non-hydrogen) atoms. The van der Waals surface area contributed by atoms with Crippen LogP contribution < -0.4 is 0 Å². The summed E-state index contributed by atoms with van der Waals surface area (Å²) in [7, 11) is -3.80. The number of hydrogen-bond donors (Lipinski definition) is 0. The van der Waals surface area contributed by atoms with E-state index in [-0.39, 0.29) is 19.8 Å². The Hall–Kier alpha value is -0.710. The molecular formula is C10H19O6P. The van der Waals surface area contributed by atoms with Crippen molar-refractivity contribution < 1.29 is 27.9 Å². The first-order valence-electron chi connectivity index (χ1n) is 5.48. The van der Waals surface area contributed by atoms with E-state index in [0.717, 1.165) is 6.92 Å². The number of hydrogen-bond acceptors (Lipinski definition) is 6. The summed E-state index contributed by atoms with van der Waals surface area (Å²) < 4.78 is 27.0. The van der Waals surface area contributed by atoms with Crippen molar-refractivity contribution in [2.75, 3.05) is 19.8 Å². The zero-order chi connectivity index (χ0) is 13.5. The molecule has 0 aromatic carbocycles. The van der Waals surface area contributed by atoms with Crippen molar-refractivity contribution in [3.8, 4) is 0 Å². The number of ether oxygens (including phenoxy) is 1. The fraction of sp³-hybridized carbons (Fsp3) is 0.800. The van der Waals surface area contributed by atoms with Crippen LogP contribution in [0.3, 0.4) is 0 Å². The standard InChI is InChI=1S/C10H19O6P/c1-5-14-10(12)9(8(4)11)17(13,15-6-2)16-7-3/h9H,5-7H2,1-4H3. The highest BCUT2D eigenvalue weighted by atomic mass is 31.2. The molecule has 1 unspecified atom stereocenters. The Morgan fingerprint density at radius 1 is 1.06 bits per heavy atom. The van der Waals surface area contributed by atoms with Crippen LogP contribution in [0.15, 0.2) is 0 Å². The molecule has 0 aliphatic carbocycles. The maximum atomic E-state index is 12.3. The molecule has 0 radical (unpaired) electrons. The molecule has 0 aromatic rings. The number of rotatable bonds is 8. The van der Waals surface area contributed by atoms with E-state index in [1.807, 2.05) is 0 Å². The van der Waals surface area contributed by atoms with Gasteiger partial charge in [-0.15, -0.1) is 0 Å². The van der Waals surface area contributed by atoms with E-state index in [2.05, 4.69) is 0 Å². The molecule has 0 fully saturated rings. The molecule has 0 saturated heterocycles. The van der Waals surface area contributed by atoms with Gasteiger partial charge in [0.05, 0.1) is 19.8 Å². The second-order valence-electron chi connectivity index (χ2n) is 3.14. The van der Waals surface area contributed by atoms with Gasteiger partial charge in [-0.2, -0.15) is 0 Å². The molecule has 0 aliphatic heterocycles. The number of carbonyl (C=O) groups is 2. The SMILES string of the molecule is CCOC(=O)C(C(C)=O)P(=O)(OCC)OCC. The first-order valence-corrected chi connectivity index (χ1v) is 7.09. The van der Waals surface area contributed by atoms with Crippen molar-refractivity contribution in [3.05, 3.63) is 0 Å². The Balaban J connectivity index is 5.16. The third-order valence-corrected chi connectivity index (χ3v) is 4.27. The quantitative estimate of drug-likeness (QED) is 0.378. The van der Waals surface area contributed by atoms with E-state index in [4.69, 9.17) is 13.8 Å². The summed E-state index contributed by atoms with van der Waals surface area (Å²) >= 11 is 0. The normalized spacial score (nSPS) is 13.2. The van der Waals surface area contributed by atoms with Crippen LogP contribution in [0.25, 0.3) is 0 Å². The van der Waals surface area contributed by atoms with E-state index in [9.17, 15) is 14.2 Å². The van der Waals surface area contributed by atoms with E-state index < -0.39 is 25.0 Å². The van der Waals surface area contributed by atoms with Gasteiger partial charge in [-0.05, 0) is 27.7 Å². The number of esters is 1. The van der Waals surface area contributed by atoms with Gasteiger partial charge in [0, 0.05) is 0 Å². The lowest BCUT2D eigenvalue weighted by atomic mass is 10.3. The Bertz CT molecular complexity index is 304. The molecule has 0 aliphatic rings. The van der Waals surface area contributed by atoms with Crippen LogP contribution >= 0.6 is 7.60 Å². The molecular weight excluding hydrogens is 247 g/mol. The third-order valence-electron chi connectivity index (χ3n) is 1.83. The van der Waals surface area contributed by atoms with Gasteiger partial charge in [-0.1, -0.05) is 0 Å². The van der Waals surface area contributed by atoms with Gasteiger partial charge in [0.15, 0.2) is 5.78 Å². The Morgan fingerprint density at radius 2 is 1.53 bits per heavy atom. The van der Waals surface area contributed by atoms with Crippen LogP contribution in [-0.2, 0) is 27.9 Å². The van der Waals surface area contributed by atoms with Crippen LogP contribution in [-0.4, -0.2) is 37.2 Å². The first kappa shape index (κ1) is 16.3. The minimum absolute atomic E-state index is 0.0838. The van der Waals surface area contributed by atoms with Gasteiger partial charge < -0.3 is 13.8 Å². The molecule has 0 N–H and O–H groups in total. The fourth-order valence-electron chi connectivity index (χ4n) is 1.29. The van der Waals surface area contributed by atoms with Crippen molar-refractivity contribution in [2.45, 2.75) is 33.4 Å². The first-order chi connectivity index (χ1) is 7.92. The van der Waals surface area contributed by atoms with Crippen LogP contribution in [0.2, 0.25) is 0 Å². The van der Waals surface area contributed by atoms with E-state index >= 15 is 0 Å². The molecule has 7 heteroatoms. The van der Waals surface area contributed by atoms with Crippen LogP contribution in [0, 0.1) is 0 Å². The second-order valence-corrected chi connectivity index (χ2v) is 5.25. The lowest BCUT2D eigenvalue weighted by Crippen LogP contribution is -2.32. The van der Waals surface area contributed by atoms with Crippen molar-refractivity contribution in [1.29, 1.82) is 0 Å². The summed E-state index contributed by atoms with van der Waals surface area (Å²) in [4.78, 5) is 23.0. The van der Waals surface area contributed by atoms with Crippen LogP contribution in [0.5, 0.6) is 0 Å². The Kier molecular flexibility index (Phi) is 7.27. The summed E-state index contributed by atoms with van der Waals surface area (Å²) in [5.74, 6) is -1.46. The Morgan fingerprint density at radius 3 is 1.82 bits per heavy atom. The van der Waals surface area contributed by atoms with Crippen molar-refractivity contribution in [3.63, 3.8) is 0 Å². The molecule has 0 saturated carbocycles.